The second-order valence-corrected chi connectivity index (χ2v) is 19.7. The predicted molar refractivity (Wildman–Crippen MR) is 235 cm³/mol. The van der Waals surface area contributed by atoms with Crippen LogP contribution in [0.15, 0.2) is 0 Å². The largest absolute Gasteiger partial charge is 0.394 e. The minimum atomic E-state index is -2.18. The van der Waals surface area contributed by atoms with Crippen LogP contribution in [0.5, 0.6) is 0 Å². The average molecular weight is 1150 g/mol. The van der Waals surface area contributed by atoms with Crippen molar-refractivity contribution in [2.24, 2.45) is 0 Å². The normalized spacial score (nSPS) is 52.5. The van der Waals surface area contributed by atoms with Gasteiger partial charge in [0.15, 0.2) is 44.0 Å². The summed E-state index contributed by atoms with van der Waals surface area (Å²) in [7, 11) is 1.06. The first-order chi connectivity index (χ1) is 37.1. The Bertz CT molecular complexity index is 1790. The summed E-state index contributed by atoms with van der Waals surface area (Å²) in [6.07, 6.45) is -61.9. The van der Waals surface area contributed by atoms with Crippen LogP contribution in [0.1, 0.15) is 6.42 Å². The summed E-state index contributed by atoms with van der Waals surface area (Å²) in [5.74, 6) is 0. The van der Waals surface area contributed by atoms with Gasteiger partial charge in [0, 0.05) is 13.5 Å². The van der Waals surface area contributed by atoms with Crippen molar-refractivity contribution < 1.29 is 174 Å². The molecule has 34 atom stereocenters. The molecule has 7 heterocycles. The number of methoxy groups -OCH3 is 1. The highest BCUT2D eigenvalue weighted by molar-refractivity contribution is 5.00. The third kappa shape index (κ3) is 13.3. The van der Waals surface area contributed by atoms with Gasteiger partial charge in [-0.1, -0.05) is 0 Å². The summed E-state index contributed by atoms with van der Waals surface area (Å²) in [6.45, 7) is -6.33. The van der Waals surface area contributed by atoms with E-state index in [1.807, 2.05) is 0 Å². The Balaban J connectivity index is 0.959. The highest BCUT2D eigenvalue weighted by atomic mass is 16.8. The predicted octanol–water partition coefficient (Wildman–Crippen LogP) is -14.6. The first-order valence-electron chi connectivity index (χ1n) is 24.9. The van der Waals surface area contributed by atoms with Gasteiger partial charge in [0.05, 0.1) is 58.5 Å². The number of hydrogen-bond donors (Lipinski definition) is 21. The zero-order chi connectivity index (χ0) is 57.2. The summed E-state index contributed by atoms with van der Waals surface area (Å²) < 4.78 is 78.6. The SMILES string of the molecule is COC1[C@@H](O[C@@H]2C(CO)O[C@H](O[C@@H]3C(CO)O[C@H](O)C(O)[C@H]3O)[C@@H](O)C2O)OC(CO)[C@@H](O[C@H]2OC(CO)[C@@H](O[C@H]3OC(CO)[C@@H](O[C@H]4OC(CO)[C@@H](O[C@H]5OC(CO)CC(O)C5O)C(O)[C@H]4O)C(O)C3O)C(O)C2O)[C@@H]1O. The van der Waals surface area contributed by atoms with E-state index in [9.17, 15) is 107 Å². The fraction of sp³-hybridized carbons (Fsp3) is 1.00. The van der Waals surface area contributed by atoms with Gasteiger partial charge in [0.1, 0.15) is 153 Å². The van der Waals surface area contributed by atoms with Crippen LogP contribution in [-0.4, -0.2) is 369 Å². The van der Waals surface area contributed by atoms with Crippen molar-refractivity contribution in [3.63, 3.8) is 0 Å². The molecule has 7 rings (SSSR count). The lowest BCUT2D eigenvalue weighted by molar-refractivity contribution is -0.398. The first kappa shape index (κ1) is 64.2. The molecule has 7 saturated heterocycles. The highest BCUT2D eigenvalue weighted by Gasteiger charge is 2.58. The lowest BCUT2D eigenvalue weighted by atomic mass is 9.95. The van der Waals surface area contributed by atoms with E-state index in [1.165, 1.54) is 0 Å². The zero-order valence-corrected chi connectivity index (χ0v) is 41.4. The van der Waals surface area contributed by atoms with Gasteiger partial charge >= 0.3 is 0 Å². The van der Waals surface area contributed by atoms with Crippen LogP contribution in [0.2, 0.25) is 0 Å². The maximum Gasteiger partial charge on any atom is 0.187 e. The van der Waals surface area contributed by atoms with Gasteiger partial charge in [-0.15, -0.1) is 0 Å². The summed E-state index contributed by atoms with van der Waals surface area (Å²) in [6, 6.07) is 0. The molecule has 35 nitrogen and oxygen atoms in total. The maximum absolute atomic E-state index is 11.6. The third-order valence-electron chi connectivity index (χ3n) is 14.6. The molecular formula is C43H74O35. The third-order valence-corrected chi connectivity index (χ3v) is 14.6. The smallest absolute Gasteiger partial charge is 0.187 e. The van der Waals surface area contributed by atoms with E-state index >= 15 is 0 Å². The van der Waals surface area contributed by atoms with Gasteiger partial charge in [-0.3, -0.25) is 0 Å². The molecule has 0 bridgehead atoms. The minimum Gasteiger partial charge on any atom is -0.394 e. The Kier molecular flexibility index (Phi) is 23.0. The molecule has 456 valence electrons. The Morgan fingerprint density at radius 2 is 0.551 bits per heavy atom. The van der Waals surface area contributed by atoms with Crippen LogP contribution in [-0.2, 0) is 66.3 Å². The molecule has 7 fully saturated rings. The number of ether oxygens (including phenoxy) is 14. The molecule has 0 aromatic rings. The van der Waals surface area contributed by atoms with E-state index in [2.05, 4.69) is 0 Å². The standard InChI is InChI=1S/C43H74O35/c1-65-36-29(63)35(17(9-50)72-43(36)78-34-16(8-49)71-39(28(62)23(34)57)74-30-12(4-45)67-37(64)24(58)19(30)53)77-42-27(61)22(56)33(15(7-48)70-42)76-41-26(60)21(55)32(14(6-47)69-41)75-40-25(59)20(54)31(13(5-46)68-40)73-38-18(52)11(51)2-10(3-44)66-38/h10-64H,2-9H2,1H3/t10?,11?,12?,13?,14?,15?,16?,17?,18?,19-,20?,21?,22?,23?,24?,25-,26?,27?,28+,29+,30-,31-,32-,33-,34-,35-,36?,37+,38-,39-,40-,41-,42-,43-/m1/s1. The van der Waals surface area contributed by atoms with Crippen LogP contribution in [0.3, 0.4) is 0 Å². The van der Waals surface area contributed by atoms with E-state index in [4.69, 9.17) is 66.3 Å². The number of aliphatic hydroxyl groups excluding tert-OH is 21. The van der Waals surface area contributed by atoms with Crippen molar-refractivity contribution in [1.82, 2.24) is 0 Å². The quantitative estimate of drug-likeness (QED) is 0.0538. The molecule has 0 amide bonds. The summed E-state index contributed by atoms with van der Waals surface area (Å²) in [4.78, 5) is 0. The van der Waals surface area contributed by atoms with Crippen molar-refractivity contribution in [3.8, 4) is 0 Å². The molecule has 21 N–H and O–H groups in total. The second kappa shape index (κ2) is 28.0. The van der Waals surface area contributed by atoms with Crippen molar-refractivity contribution in [2.75, 3.05) is 53.4 Å². The van der Waals surface area contributed by atoms with Gasteiger partial charge < -0.3 is 174 Å². The lowest BCUT2D eigenvalue weighted by Gasteiger charge is -2.50. The molecule has 7 aliphatic heterocycles. The molecule has 0 radical (unpaired) electrons. The Morgan fingerprint density at radius 3 is 0.859 bits per heavy atom. The number of aliphatic hydroxyl groups is 21. The van der Waals surface area contributed by atoms with E-state index in [1.54, 1.807) is 0 Å². The van der Waals surface area contributed by atoms with Crippen LogP contribution < -0.4 is 0 Å². The highest BCUT2D eigenvalue weighted by Crippen LogP contribution is 2.38. The Hall–Kier alpha value is -1.40. The second-order valence-electron chi connectivity index (χ2n) is 19.7. The molecule has 0 aromatic carbocycles. The maximum atomic E-state index is 11.6. The molecule has 35 heteroatoms. The summed E-state index contributed by atoms with van der Waals surface area (Å²) >= 11 is 0. The number of hydrogen-bond acceptors (Lipinski definition) is 35. The van der Waals surface area contributed by atoms with Crippen molar-refractivity contribution in [2.45, 2.75) is 215 Å². The van der Waals surface area contributed by atoms with Crippen molar-refractivity contribution in [3.05, 3.63) is 0 Å². The van der Waals surface area contributed by atoms with Crippen LogP contribution in [0, 0.1) is 0 Å². The van der Waals surface area contributed by atoms with E-state index < -0.39 is 255 Å². The molecule has 0 spiro atoms. The molecule has 17 unspecified atom stereocenters. The monoisotopic (exact) mass is 1150 g/mol. The van der Waals surface area contributed by atoms with Gasteiger partial charge in [0.2, 0.25) is 0 Å². The molecule has 7 aliphatic rings. The van der Waals surface area contributed by atoms with Crippen LogP contribution in [0.25, 0.3) is 0 Å². The van der Waals surface area contributed by atoms with E-state index in [0.717, 1.165) is 7.11 Å². The lowest BCUT2D eigenvalue weighted by Crippen LogP contribution is -2.68. The molecule has 0 aliphatic carbocycles. The zero-order valence-electron chi connectivity index (χ0n) is 41.4. The fourth-order valence-electron chi connectivity index (χ4n) is 10.2. The average Bonchev–Trinajstić information content (AvgIpc) is 3.53. The Morgan fingerprint density at radius 1 is 0.282 bits per heavy atom. The molecular weight excluding hydrogens is 1080 g/mol. The topological polar surface area (TPSA) is 554 Å². The fourth-order valence-corrected chi connectivity index (χ4v) is 10.2. The summed E-state index contributed by atoms with van der Waals surface area (Å²) in [5.41, 5.74) is 0. The molecule has 0 saturated carbocycles. The Labute approximate surface area is 441 Å². The van der Waals surface area contributed by atoms with Crippen molar-refractivity contribution >= 4 is 0 Å². The molecule has 0 aromatic heterocycles. The minimum absolute atomic E-state index is 0.167. The summed E-state index contributed by atoms with van der Waals surface area (Å²) in [5, 5.41) is 223. The number of rotatable bonds is 20. The molecule has 78 heavy (non-hydrogen) atoms. The first-order valence-corrected chi connectivity index (χ1v) is 24.9. The van der Waals surface area contributed by atoms with Gasteiger partial charge in [-0.05, 0) is 0 Å². The van der Waals surface area contributed by atoms with E-state index in [0.29, 0.717) is 0 Å². The van der Waals surface area contributed by atoms with Crippen LogP contribution in [0.4, 0.5) is 0 Å². The van der Waals surface area contributed by atoms with Crippen molar-refractivity contribution in [1.29, 1.82) is 0 Å². The van der Waals surface area contributed by atoms with Gasteiger partial charge in [-0.2, -0.15) is 0 Å². The van der Waals surface area contributed by atoms with Crippen LogP contribution >= 0.6 is 0 Å². The van der Waals surface area contributed by atoms with E-state index in [-0.39, 0.29) is 6.42 Å². The van der Waals surface area contributed by atoms with Gasteiger partial charge in [-0.25, -0.2) is 0 Å². The van der Waals surface area contributed by atoms with Gasteiger partial charge in [0.25, 0.3) is 0 Å².